The lowest BCUT2D eigenvalue weighted by Gasteiger charge is -2.34. The SMILES string of the molecule is CC(C)CC(C)N(C)CC(C)(O)CNC(C)C. The Balaban J connectivity index is 4.11. The summed E-state index contributed by atoms with van der Waals surface area (Å²) in [6.07, 6.45) is 1.17. The molecule has 104 valence electrons. The van der Waals surface area contributed by atoms with Crippen LogP contribution in [-0.4, -0.2) is 47.8 Å². The van der Waals surface area contributed by atoms with Gasteiger partial charge in [0.2, 0.25) is 0 Å². The lowest BCUT2D eigenvalue weighted by Crippen LogP contribution is -2.49. The number of likely N-dealkylation sites (N-methyl/N-ethyl adjacent to an activating group) is 1. The van der Waals surface area contributed by atoms with Crippen LogP contribution in [0, 0.1) is 5.92 Å². The van der Waals surface area contributed by atoms with Crippen molar-refractivity contribution in [3.05, 3.63) is 0 Å². The van der Waals surface area contributed by atoms with Crippen LogP contribution in [0.1, 0.15) is 48.0 Å². The van der Waals surface area contributed by atoms with Gasteiger partial charge in [0.25, 0.3) is 0 Å². The highest BCUT2D eigenvalue weighted by atomic mass is 16.3. The van der Waals surface area contributed by atoms with Crippen molar-refractivity contribution in [2.45, 2.75) is 65.6 Å². The average molecular weight is 244 g/mol. The van der Waals surface area contributed by atoms with E-state index in [-0.39, 0.29) is 0 Å². The fourth-order valence-corrected chi connectivity index (χ4v) is 2.04. The van der Waals surface area contributed by atoms with Crippen LogP contribution in [0.25, 0.3) is 0 Å². The summed E-state index contributed by atoms with van der Waals surface area (Å²) in [5, 5.41) is 13.6. The van der Waals surface area contributed by atoms with E-state index >= 15 is 0 Å². The van der Waals surface area contributed by atoms with E-state index in [0.29, 0.717) is 31.1 Å². The number of nitrogens with zero attached hydrogens (tertiary/aromatic N) is 1. The molecule has 0 saturated carbocycles. The molecule has 2 N–H and O–H groups in total. The van der Waals surface area contributed by atoms with E-state index in [1.54, 1.807) is 0 Å². The fourth-order valence-electron chi connectivity index (χ4n) is 2.04. The Hall–Kier alpha value is -0.120. The van der Waals surface area contributed by atoms with Crippen molar-refractivity contribution in [3.63, 3.8) is 0 Å². The van der Waals surface area contributed by atoms with Crippen LogP contribution in [0.3, 0.4) is 0 Å². The Labute approximate surface area is 108 Å². The van der Waals surface area contributed by atoms with Crippen LogP contribution in [0.5, 0.6) is 0 Å². The van der Waals surface area contributed by atoms with Gasteiger partial charge in [-0.1, -0.05) is 27.7 Å². The molecule has 3 nitrogen and oxygen atoms in total. The Morgan fingerprint density at radius 1 is 1.18 bits per heavy atom. The Morgan fingerprint density at radius 2 is 1.71 bits per heavy atom. The topological polar surface area (TPSA) is 35.5 Å². The Kier molecular flexibility index (Phi) is 7.29. The van der Waals surface area contributed by atoms with Gasteiger partial charge in [0.1, 0.15) is 0 Å². The monoisotopic (exact) mass is 244 g/mol. The molecule has 0 aromatic heterocycles. The molecular weight excluding hydrogens is 212 g/mol. The first-order chi connectivity index (χ1) is 7.64. The van der Waals surface area contributed by atoms with Crippen molar-refractivity contribution < 1.29 is 5.11 Å². The number of nitrogens with one attached hydrogen (secondary N) is 1. The standard InChI is InChI=1S/C14H32N2O/c1-11(2)8-13(5)16(7)10-14(6,17)9-15-12(3)4/h11-13,15,17H,8-10H2,1-7H3. The molecule has 0 aromatic rings. The summed E-state index contributed by atoms with van der Waals surface area (Å²) in [6.45, 7) is 14.2. The van der Waals surface area contributed by atoms with E-state index in [2.05, 4.69) is 51.9 Å². The molecule has 2 unspecified atom stereocenters. The fraction of sp³-hybridized carbons (Fsp3) is 1.00. The van der Waals surface area contributed by atoms with Crippen molar-refractivity contribution in [1.29, 1.82) is 0 Å². The van der Waals surface area contributed by atoms with Gasteiger partial charge in [-0.25, -0.2) is 0 Å². The van der Waals surface area contributed by atoms with Gasteiger partial charge in [0.05, 0.1) is 5.60 Å². The molecule has 3 heteroatoms. The van der Waals surface area contributed by atoms with Crippen molar-refractivity contribution in [1.82, 2.24) is 10.2 Å². The molecular formula is C14H32N2O. The van der Waals surface area contributed by atoms with Crippen molar-refractivity contribution in [2.75, 3.05) is 20.1 Å². The molecule has 2 atom stereocenters. The summed E-state index contributed by atoms with van der Waals surface area (Å²) in [7, 11) is 2.09. The Bertz CT molecular complexity index is 202. The number of aliphatic hydroxyl groups is 1. The van der Waals surface area contributed by atoms with Crippen LogP contribution >= 0.6 is 0 Å². The molecule has 0 saturated heterocycles. The smallest absolute Gasteiger partial charge is 0.0869 e. The Morgan fingerprint density at radius 3 is 2.12 bits per heavy atom. The largest absolute Gasteiger partial charge is 0.388 e. The molecule has 0 spiro atoms. The predicted octanol–water partition coefficient (Wildman–Crippen LogP) is 2.10. The van der Waals surface area contributed by atoms with Crippen molar-refractivity contribution in [3.8, 4) is 0 Å². The quantitative estimate of drug-likeness (QED) is 0.686. The summed E-state index contributed by atoms with van der Waals surface area (Å²) >= 11 is 0. The summed E-state index contributed by atoms with van der Waals surface area (Å²) in [4.78, 5) is 2.25. The maximum Gasteiger partial charge on any atom is 0.0869 e. The lowest BCUT2D eigenvalue weighted by atomic mass is 10.0. The predicted molar refractivity (Wildman–Crippen MR) is 75.3 cm³/mol. The van der Waals surface area contributed by atoms with E-state index in [1.807, 2.05) is 6.92 Å². The zero-order chi connectivity index (χ0) is 13.6. The number of hydrogen-bond donors (Lipinski definition) is 2. The second-order valence-electron chi connectivity index (χ2n) is 6.43. The summed E-state index contributed by atoms with van der Waals surface area (Å²) in [5.41, 5.74) is -0.662. The molecule has 0 amide bonds. The van der Waals surface area contributed by atoms with Gasteiger partial charge >= 0.3 is 0 Å². The molecule has 0 aliphatic rings. The van der Waals surface area contributed by atoms with Crippen LogP contribution in [0.15, 0.2) is 0 Å². The molecule has 0 bridgehead atoms. The first-order valence-electron chi connectivity index (χ1n) is 6.80. The van der Waals surface area contributed by atoms with Gasteiger partial charge < -0.3 is 15.3 Å². The van der Waals surface area contributed by atoms with E-state index < -0.39 is 5.60 Å². The minimum absolute atomic E-state index is 0.417. The van der Waals surface area contributed by atoms with Gasteiger partial charge in [0, 0.05) is 25.2 Å². The second kappa shape index (κ2) is 7.34. The first-order valence-corrected chi connectivity index (χ1v) is 6.80. The highest BCUT2D eigenvalue weighted by Gasteiger charge is 2.24. The van der Waals surface area contributed by atoms with E-state index in [9.17, 15) is 5.11 Å². The zero-order valence-electron chi connectivity index (χ0n) is 12.7. The zero-order valence-corrected chi connectivity index (χ0v) is 12.7. The minimum atomic E-state index is -0.662. The highest BCUT2D eigenvalue weighted by molar-refractivity contribution is 4.81. The third-order valence-corrected chi connectivity index (χ3v) is 3.05. The van der Waals surface area contributed by atoms with E-state index in [1.165, 1.54) is 6.42 Å². The average Bonchev–Trinajstić information content (AvgIpc) is 2.13. The third kappa shape index (κ3) is 8.58. The molecule has 0 aromatic carbocycles. The van der Waals surface area contributed by atoms with Crippen molar-refractivity contribution in [2.24, 2.45) is 5.92 Å². The van der Waals surface area contributed by atoms with Gasteiger partial charge in [0.15, 0.2) is 0 Å². The number of hydrogen-bond acceptors (Lipinski definition) is 3. The summed E-state index contributed by atoms with van der Waals surface area (Å²) in [6, 6.07) is 0.931. The summed E-state index contributed by atoms with van der Waals surface area (Å²) < 4.78 is 0. The second-order valence-corrected chi connectivity index (χ2v) is 6.43. The maximum atomic E-state index is 10.3. The van der Waals surface area contributed by atoms with Crippen LogP contribution in [-0.2, 0) is 0 Å². The van der Waals surface area contributed by atoms with Gasteiger partial charge in [-0.3, -0.25) is 0 Å². The molecule has 0 fully saturated rings. The molecule has 0 radical (unpaired) electrons. The molecule has 17 heavy (non-hydrogen) atoms. The normalized spacial score (nSPS) is 17.8. The number of rotatable bonds is 8. The van der Waals surface area contributed by atoms with Crippen LogP contribution in [0.4, 0.5) is 0 Å². The van der Waals surface area contributed by atoms with E-state index in [0.717, 1.165) is 0 Å². The lowest BCUT2D eigenvalue weighted by molar-refractivity contribution is 0.0140. The van der Waals surface area contributed by atoms with Gasteiger partial charge in [-0.15, -0.1) is 0 Å². The molecule has 0 aliphatic carbocycles. The molecule has 0 aliphatic heterocycles. The first kappa shape index (κ1) is 16.9. The van der Waals surface area contributed by atoms with Crippen molar-refractivity contribution >= 4 is 0 Å². The van der Waals surface area contributed by atoms with Crippen LogP contribution < -0.4 is 5.32 Å². The maximum absolute atomic E-state index is 10.3. The molecule has 0 heterocycles. The van der Waals surface area contributed by atoms with Crippen LogP contribution in [0.2, 0.25) is 0 Å². The highest BCUT2D eigenvalue weighted by Crippen LogP contribution is 2.13. The summed E-state index contributed by atoms with van der Waals surface area (Å²) in [5.74, 6) is 0.700. The minimum Gasteiger partial charge on any atom is -0.388 e. The van der Waals surface area contributed by atoms with E-state index in [4.69, 9.17) is 0 Å². The third-order valence-electron chi connectivity index (χ3n) is 3.05. The van der Waals surface area contributed by atoms with Gasteiger partial charge in [-0.05, 0) is 33.2 Å². The molecule has 0 rings (SSSR count). The van der Waals surface area contributed by atoms with Gasteiger partial charge in [-0.2, -0.15) is 0 Å².